The number of carbonyl (C=O) groups is 3. The molecule has 2 aliphatic heterocycles. The molecule has 0 aromatic heterocycles. The van der Waals surface area contributed by atoms with Gasteiger partial charge in [-0.3, -0.25) is 19.3 Å². The van der Waals surface area contributed by atoms with Crippen molar-refractivity contribution in [1.29, 1.82) is 0 Å². The average molecular weight is 625 g/mol. The number of hydrogen-bond donors (Lipinski definition) is 2. The van der Waals surface area contributed by atoms with Gasteiger partial charge in [-0.1, -0.05) is 91.0 Å². The maximum Gasteiger partial charge on any atom is 0.244 e. The Hall–Kier alpha value is -5.60. The molecule has 1 atom stereocenters. The van der Waals surface area contributed by atoms with Gasteiger partial charge in [-0.2, -0.15) is 0 Å². The number of anilines is 3. The molecule has 1 unspecified atom stereocenters. The summed E-state index contributed by atoms with van der Waals surface area (Å²) in [5.41, 5.74) is 7.33. The van der Waals surface area contributed by atoms with Crippen molar-refractivity contribution in [2.24, 2.45) is 5.92 Å². The van der Waals surface area contributed by atoms with Crippen molar-refractivity contribution >= 4 is 34.8 Å². The first kappa shape index (κ1) is 30.1. The number of nitrogens with one attached hydrogen (secondary N) is 2. The van der Waals surface area contributed by atoms with Gasteiger partial charge in [-0.25, -0.2) is 4.39 Å². The summed E-state index contributed by atoms with van der Waals surface area (Å²) in [5.74, 6) is -3.22. The molecule has 2 heterocycles. The second-order valence-electron chi connectivity index (χ2n) is 11.8. The monoisotopic (exact) mass is 624 g/mol. The third kappa shape index (κ3) is 6.15. The van der Waals surface area contributed by atoms with E-state index in [-0.39, 0.29) is 19.5 Å². The maximum absolute atomic E-state index is 14.5. The van der Waals surface area contributed by atoms with E-state index in [2.05, 4.69) is 10.6 Å². The van der Waals surface area contributed by atoms with Gasteiger partial charge < -0.3 is 15.5 Å². The van der Waals surface area contributed by atoms with E-state index in [0.29, 0.717) is 29.2 Å². The molecular formula is C39H33FN4O3. The van der Waals surface area contributed by atoms with Crippen LogP contribution in [0.2, 0.25) is 0 Å². The van der Waals surface area contributed by atoms with Crippen LogP contribution < -0.4 is 20.4 Å². The zero-order chi connectivity index (χ0) is 32.3. The molecule has 5 aromatic rings. The van der Waals surface area contributed by atoms with Crippen LogP contribution in [0.5, 0.6) is 0 Å². The number of rotatable bonds is 8. The maximum atomic E-state index is 14.5. The van der Waals surface area contributed by atoms with E-state index in [0.717, 1.165) is 34.4 Å². The van der Waals surface area contributed by atoms with Crippen LogP contribution in [-0.2, 0) is 40.6 Å². The summed E-state index contributed by atoms with van der Waals surface area (Å²) in [4.78, 5) is 45.5. The van der Waals surface area contributed by atoms with Crippen LogP contribution in [0, 0.1) is 11.7 Å². The zero-order valence-electron chi connectivity index (χ0n) is 25.7. The number of fused-ring (bicyclic) bond motifs is 2. The molecule has 0 radical (unpaired) electrons. The molecule has 0 aliphatic carbocycles. The van der Waals surface area contributed by atoms with Gasteiger partial charge in [0.05, 0.1) is 17.9 Å². The Kier molecular flexibility index (Phi) is 8.33. The molecule has 5 aromatic carbocycles. The van der Waals surface area contributed by atoms with Crippen molar-refractivity contribution in [3.63, 3.8) is 0 Å². The van der Waals surface area contributed by atoms with Crippen molar-refractivity contribution in [3.05, 3.63) is 149 Å². The second-order valence-corrected chi connectivity index (χ2v) is 11.8. The van der Waals surface area contributed by atoms with Gasteiger partial charge in [0, 0.05) is 37.3 Å². The fourth-order valence-corrected chi connectivity index (χ4v) is 6.30. The summed E-state index contributed by atoms with van der Waals surface area (Å²) in [5, 5.41) is 6.05. The van der Waals surface area contributed by atoms with Gasteiger partial charge in [-0.05, 0) is 58.1 Å². The number of nitrogens with zero attached hydrogens (tertiary/aromatic N) is 2. The molecular weight excluding hydrogens is 591 g/mol. The van der Waals surface area contributed by atoms with Crippen molar-refractivity contribution in [1.82, 2.24) is 10.6 Å². The number of benzene rings is 5. The lowest BCUT2D eigenvalue weighted by Gasteiger charge is -2.26. The second kappa shape index (κ2) is 13.0. The average Bonchev–Trinajstić information content (AvgIpc) is 3.56. The third-order valence-electron chi connectivity index (χ3n) is 8.80. The first-order valence-corrected chi connectivity index (χ1v) is 15.7. The van der Waals surface area contributed by atoms with E-state index >= 15 is 0 Å². The van der Waals surface area contributed by atoms with Gasteiger partial charge in [-0.15, -0.1) is 0 Å². The number of para-hydroxylation sites is 2. The summed E-state index contributed by atoms with van der Waals surface area (Å²) in [6, 6.07) is 37.4. The van der Waals surface area contributed by atoms with Gasteiger partial charge in [0.1, 0.15) is 11.7 Å². The topological polar surface area (TPSA) is 81.8 Å². The molecule has 0 spiro atoms. The highest BCUT2D eigenvalue weighted by molar-refractivity contribution is 6.21. The van der Waals surface area contributed by atoms with E-state index in [4.69, 9.17) is 0 Å². The van der Waals surface area contributed by atoms with E-state index < -0.39 is 29.5 Å². The molecule has 2 aliphatic rings. The van der Waals surface area contributed by atoms with Crippen LogP contribution in [0.1, 0.15) is 28.7 Å². The Morgan fingerprint density at radius 3 is 2.21 bits per heavy atom. The summed E-state index contributed by atoms with van der Waals surface area (Å²) >= 11 is 0. The van der Waals surface area contributed by atoms with Crippen molar-refractivity contribution in [3.8, 4) is 11.1 Å². The SMILES string of the molecule is O=C(CC1C(=O)N(Cc2ccc(-c3ccccc3)cc2)c2ccccc2N(c2ccc3c(c2)CNC3)C1=O)NCc1ccccc1F. The van der Waals surface area contributed by atoms with E-state index in [1.807, 2.05) is 97.1 Å². The molecule has 0 saturated carbocycles. The zero-order valence-corrected chi connectivity index (χ0v) is 25.7. The third-order valence-corrected chi connectivity index (χ3v) is 8.80. The number of hydrogen-bond acceptors (Lipinski definition) is 4. The molecule has 2 N–H and O–H groups in total. The van der Waals surface area contributed by atoms with Gasteiger partial charge in [0.2, 0.25) is 17.7 Å². The van der Waals surface area contributed by atoms with Crippen LogP contribution in [0.15, 0.2) is 121 Å². The molecule has 3 amide bonds. The Bertz CT molecular complexity index is 1960. The van der Waals surface area contributed by atoms with Crippen molar-refractivity contribution < 1.29 is 18.8 Å². The van der Waals surface area contributed by atoms with Crippen molar-refractivity contribution in [2.75, 3.05) is 9.80 Å². The molecule has 0 saturated heterocycles. The van der Waals surface area contributed by atoms with Crippen LogP contribution in [0.3, 0.4) is 0 Å². The molecule has 0 bridgehead atoms. The predicted molar refractivity (Wildman–Crippen MR) is 180 cm³/mol. The molecule has 47 heavy (non-hydrogen) atoms. The lowest BCUT2D eigenvalue weighted by Crippen LogP contribution is -2.43. The normalized spacial score (nSPS) is 15.6. The standard InChI is InChI=1S/C39H33FN4O3/c40-34-11-5-4-10-30(34)24-42-37(45)21-33-38(46)43(25-26-14-16-28(17-15-26)27-8-2-1-3-9-27)35-12-6-7-13-36(35)44(39(33)47)32-19-18-29-22-41-23-31(29)20-32/h1-20,33,41H,21-25H2,(H,42,45). The van der Waals surface area contributed by atoms with Gasteiger partial charge >= 0.3 is 0 Å². The quantitative estimate of drug-likeness (QED) is 0.190. The minimum absolute atomic E-state index is 0.0557. The molecule has 0 fully saturated rings. The molecule has 234 valence electrons. The van der Waals surface area contributed by atoms with Crippen molar-refractivity contribution in [2.45, 2.75) is 32.6 Å². The number of halogens is 1. The Morgan fingerprint density at radius 1 is 0.745 bits per heavy atom. The van der Waals surface area contributed by atoms with E-state index in [9.17, 15) is 18.8 Å². The van der Waals surface area contributed by atoms with Gasteiger partial charge in [0.25, 0.3) is 0 Å². The predicted octanol–water partition coefficient (Wildman–Crippen LogP) is 6.63. The largest absolute Gasteiger partial charge is 0.352 e. The minimum Gasteiger partial charge on any atom is -0.352 e. The lowest BCUT2D eigenvalue weighted by atomic mass is 10.00. The fourth-order valence-electron chi connectivity index (χ4n) is 6.30. The Labute approximate surface area is 272 Å². The lowest BCUT2D eigenvalue weighted by molar-refractivity contribution is -0.136. The highest BCUT2D eigenvalue weighted by Crippen LogP contribution is 2.41. The smallest absolute Gasteiger partial charge is 0.244 e. The van der Waals surface area contributed by atoms with E-state index in [1.165, 1.54) is 6.07 Å². The van der Waals surface area contributed by atoms with E-state index in [1.54, 1.807) is 28.0 Å². The number of carbonyl (C=O) groups excluding carboxylic acids is 3. The highest BCUT2D eigenvalue weighted by Gasteiger charge is 2.42. The molecule has 8 heteroatoms. The van der Waals surface area contributed by atoms with Crippen LogP contribution in [0.4, 0.5) is 21.5 Å². The molecule has 7 rings (SSSR count). The summed E-state index contributed by atoms with van der Waals surface area (Å²) < 4.78 is 14.3. The Morgan fingerprint density at radius 2 is 1.43 bits per heavy atom. The minimum atomic E-state index is -1.31. The first-order valence-electron chi connectivity index (χ1n) is 15.7. The van der Waals surface area contributed by atoms with Crippen LogP contribution in [0.25, 0.3) is 11.1 Å². The summed E-state index contributed by atoms with van der Waals surface area (Å²) in [6.45, 7) is 1.58. The fraction of sp³-hybridized carbons (Fsp3) is 0.154. The summed E-state index contributed by atoms with van der Waals surface area (Å²) in [7, 11) is 0. The first-order chi connectivity index (χ1) is 23.0. The van der Waals surface area contributed by atoms with Gasteiger partial charge in [0.15, 0.2) is 0 Å². The summed E-state index contributed by atoms with van der Waals surface area (Å²) in [6.07, 6.45) is -0.382. The molecule has 7 nitrogen and oxygen atoms in total. The highest BCUT2D eigenvalue weighted by atomic mass is 19.1. The van der Waals surface area contributed by atoms with Crippen LogP contribution in [-0.4, -0.2) is 17.7 Å². The Balaban J connectivity index is 1.24. The number of amides is 3. The van der Waals surface area contributed by atoms with Crippen LogP contribution >= 0.6 is 0 Å².